The Morgan fingerprint density at radius 2 is 1.41 bits per heavy atom. The standard InChI is InChI=1S/C12H13Br3O2/c1-2-3-4-5-6-7-8(13)12(17)10(15)9(14)11(7)16/h2-6H2,1H3. The van der Waals surface area contributed by atoms with E-state index < -0.39 is 0 Å². The molecule has 94 valence electrons. The smallest absolute Gasteiger partial charge is 0.208 e. The summed E-state index contributed by atoms with van der Waals surface area (Å²) in [6.07, 6.45) is 5.00. The number of carbonyl (C=O) groups excluding carboxylic acids is 2. The predicted molar refractivity (Wildman–Crippen MR) is 79.6 cm³/mol. The van der Waals surface area contributed by atoms with E-state index in [2.05, 4.69) is 54.7 Å². The fourth-order valence-corrected chi connectivity index (χ4v) is 3.26. The first-order valence-electron chi connectivity index (χ1n) is 5.54. The number of carbonyl (C=O) groups is 2. The normalized spacial score (nSPS) is 17.2. The average molecular weight is 429 g/mol. The van der Waals surface area contributed by atoms with Crippen LogP contribution in [0, 0.1) is 0 Å². The molecule has 0 saturated heterocycles. The van der Waals surface area contributed by atoms with Gasteiger partial charge in [0.15, 0.2) is 5.78 Å². The highest BCUT2D eigenvalue weighted by molar-refractivity contribution is 9.15. The minimum atomic E-state index is -0.165. The highest BCUT2D eigenvalue weighted by Crippen LogP contribution is 2.36. The Hall–Kier alpha value is 0.260. The van der Waals surface area contributed by atoms with Gasteiger partial charge >= 0.3 is 0 Å². The van der Waals surface area contributed by atoms with Crippen molar-refractivity contribution >= 4 is 59.4 Å². The molecule has 1 aliphatic rings. The van der Waals surface area contributed by atoms with Gasteiger partial charge in [0.25, 0.3) is 0 Å². The lowest BCUT2D eigenvalue weighted by Gasteiger charge is -2.15. The molecule has 17 heavy (non-hydrogen) atoms. The zero-order chi connectivity index (χ0) is 13.0. The second kappa shape index (κ2) is 7.00. The van der Waals surface area contributed by atoms with Crippen LogP contribution in [-0.4, -0.2) is 11.6 Å². The van der Waals surface area contributed by atoms with Crippen molar-refractivity contribution in [2.45, 2.75) is 39.0 Å². The highest BCUT2D eigenvalue weighted by Gasteiger charge is 2.30. The Bertz CT molecular complexity index is 408. The Morgan fingerprint density at radius 1 is 0.824 bits per heavy atom. The molecule has 0 aliphatic heterocycles. The summed E-state index contributed by atoms with van der Waals surface area (Å²) in [6.45, 7) is 2.14. The molecule has 0 bridgehead atoms. The van der Waals surface area contributed by atoms with Crippen molar-refractivity contribution in [2.75, 3.05) is 0 Å². The number of hydrogen-bond acceptors (Lipinski definition) is 2. The lowest BCUT2D eigenvalue weighted by Crippen LogP contribution is -2.17. The third kappa shape index (κ3) is 3.61. The first-order valence-corrected chi connectivity index (χ1v) is 7.91. The lowest BCUT2D eigenvalue weighted by atomic mass is 9.97. The van der Waals surface area contributed by atoms with Gasteiger partial charge in [-0.2, -0.15) is 0 Å². The molecule has 0 heterocycles. The number of halogens is 3. The fourth-order valence-electron chi connectivity index (χ4n) is 1.62. The maximum Gasteiger partial charge on any atom is 0.208 e. The fraction of sp³-hybridized carbons (Fsp3) is 0.500. The minimum Gasteiger partial charge on any atom is -0.288 e. The van der Waals surface area contributed by atoms with Crippen LogP contribution in [0.25, 0.3) is 0 Å². The van der Waals surface area contributed by atoms with Crippen molar-refractivity contribution in [2.24, 2.45) is 0 Å². The molecule has 1 aliphatic carbocycles. The first kappa shape index (κ1) is 15.3. The summed E-state index contributed by atoms with van der Waals surface area (Å²) in [4.78, 5) is 23.8. The monoisotopic (exact) mass is 426 g/mol. The zero-order valence-corrected chi connectivity index (χ0v) is 14.2. The van der Waals surface area contributed by atoms with E-state index in [1.807, 2.05) is 0 Å². The molecule has 0 atom stereocenters. The number of hydrogen-bond donors (Lipinski definition) is 0. The van der Waals surface area contributed by atoms with Gasteiger partial charge in [-0.15, -0.1) is 0 Å². The van der Waals surface area contributed by atoms with Crippen LogP contribution in [0.3, 0.4) is 0 Å². The molecule has 0 unspecified atom stereocenters. The predicted octanol–water partition coefficient (Wildman–Crippen LogP) is 4.76. The molecule has 0 N–H and O–H groups in total. The van der Waals surface area contributed by atoms with E-state index in [4.69, 9.17) is 0 Å². The van der Waals surface area contributed by atoms with Crippen molar-refractivity contribution < 1.29 is 9.59 Å². The lowest BCUT2D eigenvalue weighted by molar-refractivity contribution is -0.115. The molecule has 0 radical (unpaired) electrons. The second-order valence-electron chi connectivity index (χ2n) is 3.89. The van der Waals surface area contributed by atoms with Gasteiger partial charge in [-0.1, -0.05) is 26.2 Å². The van der Waals surface area contributed by atoms with Crippen LogP contribution in [0.5, 0.6) is 0 Å². The Morgan fingerprint density at radius 3 is 2.00 bits per heavy atom. The molecular formula is C12H13Br3O2. The Labute approximate surface area is 126 Å². The van der Waals surface area contributed by atoms with Crippen LogP contribution < -0.4 is 0 Å². The van der Waals surface area contributed by atoms with Gasteiger partial charge in [-0.05, 0) is 60.6 Å². The molecule has 0 aromatic carbocycles. The number of allylic oxidation sites excluding steroid dienone is 4. The van der Waals surface area contributed by atoms with Crippen LogP contribution in [0.1, 0.15) is 39.0 Å². The van der Waals surface area contributed by atoms with Crippen LogP contribution in [0.15, 0.2) is 19.0 Å². The second-order valence-corrected chi connectivity index (χ2v) is 6.27. The van der Waals surface area contributed by atoms with Crippen molar-refractivity contribution in [1.29, 1.82) is 0 Å². The summed E-state index contributed by atoms with van der Waals surface area (Å²) in [5.74, 6) is -0.262. The molecule has 0 aromatic heterocycles. The van der Waals surface area contributed by atoms with Crippen LogP contribution in [-0.2, 0) is 9.59 Å². The summed E-state index contributed by atoms with van der Waals surface area (Å²) in [6, 6.07) is 0. The molecule has 0 amide bonds. The van der Waals surface area contributed by atoms with Crippen molar-refractivity contribution in [3.8, 4) is 0 Å². The van der Waals surface area contributed by atoms with Crippen LogP contribution in [0.4, 0.5) is 0 Å². The van der Waals surface area contributed by atoms with Crippen molar-refractivity contribution in [3.63, 3.8) is 0 Å². The number of ketones is 2. The highest BCUT2D eigenvalue weighted by atomic mass is 79.9. The third-order valence-electron chi connectivity index (χ3n) is 2.61. The maximum atomic E-state index is 12.0. The summed E-state index contributed by atoms with van der Waals surface area (Å²) >= 11 is 9.50. The average Bonchev–Trinajstić information content (AvgIpc) is 2.33. The Balaban J connectivity index is 2.77. The molecular weight excluding hydrogens is 416 g/mol. The molecule has 2 nitrogen and oxygen atoms in total. The van der Waals surface area contributed by atoms with Crippen molar-refractivity contribution in [1.82, 2.24) is 0 Å². The van der Waals surface area contributed by atoms with Gasteiger partial charge < -0.3 is 0 Å². The number of unbranched alkanes of at least 4 members (excludes halogenated alkanes) is 3. The van der Waals surface area contributed by atoms with E-state index in [0.717, 1.165) is 25.7 Å². The molecule has 0 spiro atoms. The molecule has 0 aromatic rings. The van der Waals surface area contributed by atoms with Gasteiger partial charge in [-0.25, -0.2) is 0 Å². The van der Waals surface area contributed by atoms with Gasteiger partial charge in [0, 0.05) is 5.57 Å². The topological polar surface area (TPSA) is 34.1 Å². The molecule has 0 saturated carbocycles. The van der Waals surface area contributed by atoms with Gasteiger partial charge in [-0.3, -0.25) is 9.59 Å². The summed E-state index contributed by atoms with van der Waals surface area (Å²) < 4.78 is 1.02. The van der Waals surface area contributed by atoms with E-state index in [1.54, 1.807) is 0 Å². The van der Waals surface area contributed by atoms with E-state index in [9.17, 15) is 9.59 Å². The van der Waals surface area contributed by atoms with E-state index in [0.29, 0.717) is 25.4 Å². The Kier molecular flexibility index (Phi) is 6.31. The van der Waals surface area contributed by atoms with Crippen LogP contribution in [0.2, 0.25) is 0 Å². The van der Waals surface area contributed by atoms with Gasteiger partial charge in [0.2, 0.25) is 5.78 Å². The SMILES string of the molecule is CCCCCCC1=C(Br)C(=O)C(Br)=C(Br)C1=O. The molecule has 0 fully saturated rings. The van der Waals surface area contributed by atoms with E-state index in [-0.39, 0.29) is 11.6 Å². The third-order valence-corrected chi connectivity index (χ3v) is 5.49. The quantitative estimate of drug-likeness (QED) is 0.467. The zero-order valence-electron chi connectivity index (χ0n) is 9.49. The largest absolute Gasteiger partial charge is 0.288 e. The minimum absolute atomic E-state index is 0.0974. The van der Waals surface area contributed by atoms with Crippen molar-refractivity contribution in [3.05, 3.63) is 19.0 Å². The van der Waals surface area contributed by atoms with E-state index in [1.165, 1.54) is 0 Å². The number of Topliss-reactive ketones (excluding diaryl/α,β-unsaturated/α-hetero) is 2. The van der Waals surface area contributed by atoms with Crippen LogP contribution >= 0.6 is 47.8 Å². The molecule has 1 rings (SSSR count). The maximum absolute atomic E-state index is 12.0. The van der Waals surface area contributed by atoms with Gasteiger partial charge in [0.05, 0.1) is 13.4 Å². The van der Waals surface area contributed by atoms with E-state index >= 15 is 0 Å². The summed E-state index contributed by atoms with van der Waals surface area (Å²) in [5, 5.41) is 0. The summed E-state index contributed by atoms with van der Waals surface area (Å²) in [7, 11) is 0. The molecule has 5 heteroatoms. The number of rotatable bonds is 5. The first-order chi connectivity index (χ1) is 8.00. The van der Waals surface area contributed by atoms with Gasteiger partial charge in [0.1, 0.15) is 0 Å². The summed E-state index contributed by atoms with van der Waals surface area (Å²) in [5.41, 5.74) is 0.584.